The van der Waals surface area contributed by atoms with Crippen LogP contribution in [0.4, 0.5) is 5.69 Å². The molecule has 3 rings (SSSR count). The Kier molecular flexibility index (Phi) is 9.12. The SMILES string of the molecule is CNC(=O)[C@H](Cc1ccccc1)N(Cc1ccccc1Cl)C(=O)CN(c1ccccc1C)S(C)(=O)=O. The van der Waals surface area contributed by atoms with Crippen LogP contribution in [0.1, 0.15) is 16.7 Å². The molecular formula is C27H30ClN3O4S. The maximum Gasteiger partial charge on any atom is 0.244 e. The van der Waals surface area contributed by atoms with E-state index in [0.717, 1.165) is 16.1 Å². The highest BCUT2D eigenvalue weighted by Gasteiger charge is 2.33. The second-order valence-electron chi connectivity index (χ2n) is 8.49. The molecule has 0 spiro atoms. The molecule has 0 heterocycles. The van der Waals surface area contributed by atoms with Gasteiger partial charge in [-0.05, 0) is 35.7 Å². The van der Waals surface area contributed by atoms with E-state index in [0.29, 0.717) is 21.8 Å². The van der Waals surface area contributed by atoms with Crippen molar-refractivity contribution < 1.29 is 18.0 Å². The molecular weight excluding hydrogens is 498 g/mol. The Bertz CT molecular complexity index is 1320. The molecule has 190 valence electrons. The average molecular weight is 528 g/mol. The average Bonchev–Trinajstić information content (AvgIpc) is 2.85. The Morgan fingerprint density at radius 3 is 2.17 bits per heavy atom. The summed E-state index contributed by atoms with van der Waals surface area (Å²) in [4.78, 5) is 28.3. The van der Waals surface area contributed by atoms with Crippen LogP contribution in [0.25, 0.3) is 0 Å². The summed E-state index contributed by atoms with van der Waals surface area (Å²) in [5.74, 6) is -0.880. The number of carbonyl (C=O) groups is 2. The van der Waals surface area contributed by atoms with E-state index in [1.54, 1.807) is 55.5 Å². The lowest BCUT2D eigenvalue weighted by Gasteiger charge is -2.33. The zero-order chi connectivity index (χ0) is 26.3. The van der Waals surface area contributed by atoms with Crippen molar-refractivity contribution in [1.82, 2.24) is 10.2 Å². The number of nitrogens with one attached hydrogen (secondary N) is 1. The van der Waals surface area contributed by atoms with E-state index < -0.39 is 28.5 Å². The summed E-state index contributed by atoms with van der Waals surface area (Å²) in [6, 6.07) is 22.5. The monoisotopic (exact) mass is 527 g/mol. The van der Waals surface area contributed by atoms with Crippen LogP contribution in [0.5, 0.6) is 0 Å². The standard InChI is InChI=1S/C27H30ClN3O4S/c1-20-11-7-10-16-24(20)31(36(3,34)35)19-26(32)30(18-22-14-8-9-15-23(22)28)25(27(33)29-2)17-21-12-5-4-6-13-21/h4-16,25H,17-19H2,1-3H3,(H,29,33)/t25-/m0/s1. The molecule has 0 fully saturated rings. The maximum atomic E-state index is 13.8. The van der Waals surface area contributed by atoms with Gasteiger partial charge < -0.3 is 10.2 Å². The zero-order valence-corrected chi connectivity index (χ0v) is 22.1. The largest absolute Gasteiger partial charge is 0.357 e. The predicted octanol–water partition coefficient (Wildman–Crippen LogP) is 3.80. The molecule has 0 aromatic heterocycles. The van der Waals surface area contributed by atoms with E-state index in [-0.39, 0.29) is 18.9 Å². The molecule has 3 aromatic carbocycles. The summed E-state index contributed by atoms with van der Waals surface area (Å²) < 4.78 is 26.6. The Morgan fingerprint density at radius 1 is 0.944 bits per heavy atom. The van der Waals surface area contributed by atoms with E-state index in [2.05, 4.69) is 5.32 Å². The molecule has 9 heteroatoms. The first kappa shape index (κ1) is 27.2. The van der Waals surface area contributed by atoms with Crippen LogP contribution < -0.4 is 9.62 Å². The third kappa shape index (κ3) is 6.86. The van der Waals surface area contributed by atoms with E-state index in [1.807, 2.05) is 30.3 Å². The molecule has 7 nitrogen and oxygen atoms in total. The van der Waals surface area contributed by atoms with Crippen molar-refractivity contribution in [2.24, 2.45) is 0 Å². The summed E-state index contributed by atoms with van der Waals surface area (Å²) in [5, 5.41) is 3.10. The number of para-hydroxylation sites is 1. The molecule has 0 bridgehead atoms. The first-order valence-electron chi connectivity index (χ1n) is 11.4. The van der Waals surface area contributed by atoms with Gasteiger partial charge in [0.1, 0.15) is 12.6 Å². The van der Waals surface area contributed by atoms with Gasteiger partial charge in [-0.1, -0.05) is 78.3 Å². The smallest absolute Gasteiger partial charge is 0.244 e. The highest BCUT2D eigenvalue weighted by Crippen LogP contribution is 2.24. The summed E-state index contributed by atoms with van der Waals surface area (Å²) in [6.45, 7) is 1.35. The number of amides is 2. The van der Waals surface area contributed by atoms with Gasteiger partial charge in [-0.15, -0.1) is 0 Å². The quantitative estimate of drug-likeness (QED) is 0.434. The van der Waals surface area contributed by atoms with Crippen LogP contribution in [-0.2, 0) is 32.6 Å². The molecule has 0 aliphatic rings. The molecule has 1 atom stereocenters. The van der Waals surface area contributed by atoms with Gasteiger partial charge in [0, 0.05) is 25.0 Å². The lowest BCUT2D eigenvalue weighted by molar-refractivity contribution is -0.139. The van der Waals surface area contributed by atoms with Crippen molar-refractivity contribution in [3.8, 4) is 0 Å². The van der Waals surface area contributed by atoms with Crippen LogP contribution >= 0.6 is 11.6 Å². The van der Waals surface area contributed by atoms with Crippen molar-refractivity contribution in [1.29, 1.82) is 0 Å². The fourth-order valence-electron chi connectivity index (χ4n) is 3.97. The number of sulfonamides is 1. The van der Waals surface area contributed by atoms with Gasteiger partial charge in [0.2, 0.25) is 21.8 Å². The number of halogens is 1. The number of likely N-dealkylation sites (N-methyl/N-ethyl adjacent to an activating group) is 1. The van der Waals surface area contributed by atoms with Gasteiger partial charge in [-0.25, -0.2) is 8.42 Å². The summed E-state index contributed by atoms with van der Waals surface area (Å²) in [5.41, 5.74) is 2.63. The minimum absolute atomic E-state index is 0.0365. The first-order chi connectivity index (χ1) is 17.1. The number of hydrogen-bond acceptors (Lipinski definition) is 4. The molecule has 2 amide bonds. The lowest BCUT2D eigenvalue weighted by atomic mass is 10.0. The van der Waals surface area contributed by atoms with Crippen molar-refractivity contribution in [2.45, 2.75) is 25.9 Å². The second kappa shape index (κ2) is 12.1. The highest BCUT2D eigenvalue weighted by molar-refractivity contribution is 7.92. The molecule has 1 N–H and O–H groups in total. The van der Waals surface area contributed by atoms with Gasteiger partial charge in [-0.3, -0.25) is 13.9 Å². The van der Waals surface area contributed by atoms with Crippen LogP contribution in [-0.4, -0.2) is 51.0 Å². The number of rotatable bonds is 10. The summed E-state index contributed by atoms with van der Waals surface area (Å²) in [7, 11) is -2.29. The summed E-state index contributed by atoms with van der Waals surface area (Å²) >= 11 is 6.40. The van der Waals surface area contributed by atoms with Gasteiger partial charge in [0.15, 0.2) is 0 Å². The number of benzene rings is 3. The van der Waals surface area contributed by atoms with E-state index in [4.69, 9.17) is 11.6 Å². The highest BCUT2D eigenvalue weighted by atomic mass is 35.5. The fraction of sp³-hybridized carbons (Fsp3) is 0.259. The van der Waals surface area contributed by atoms with Crippen molar-refractivity contribution in [3.05, 3.63) is 101 Å². The maximum absolute atomic E-state index is 13.8. The van der Waals surface area contributed by atoms with Gasteiger partial charge in [0.05, 0.1) is 11.9 Å². The lowest BCUT2D eigenvalue weighted by Crippen LogP contribution is -2.53. The van der Waals surface area contributed by atoms with Crippen LogP contribution in [0.3, 0.4) is 0 Å². The van der Waals surface area contributed by atoms with Gasteiger partial charge in [-0.2, -0.15) is 0 Å². The van der Waals surface area contributed by atoms with E-state index in [1.165, 1.54) is 11.9 Å². The van der Waals surface area contributed by atoms with Crippen LogP contribution in [0, 0.1) is 6.92 Å². The Balaban J connectivity index is 2.05. The summed E-state index contributed by atoms with van der Waals surface area (Å²) in [6.07, 6.45) is 1.31. The Hall–Kier alpha value is -3.36. The van der Waals surface area contributed by atoms with Crippen LogP contribution in [0.2, 0.25) is 5.02 Å². The number of hydrogen-bond donors (Lipinski definition) is 1. The third-order valence-electron chi connectivity index (χ3n) is 5.88. The Morgan fingerprint density at radius 2 is 1.56 bits per heavy atom. The topological polar surface area (TPSA) is 86.8 Å². The molecule has 36 heavy (non-hydrogen) atoms. The minimum atomic E-state index is -3.80. The molecule has 0 aliphatic heterocycles. The van der Waals surface area contributed by atoms with Gasteiger partial charge >= 0.3 is 0 Å². The minimum Gasteiger partial charge on any atom is -0.357 e. The molecule has 0 radical (unpaired) electrons. The Labute approximate surface area is 217 Å². The number of aryl methyl sites for hydroxylation is 1. The van der Waals surface area contributed by atoms with Crippen molar-refractivity contribution in [3.63, 3.8) is 0 Å². The normalized spacial score (nSPS) is 12.0. The van der Waals surface area contributed by atoms with Crippen molar-refractivity contribution in [2.75, 3.05) is 24.2 Å². The van der Waals surface area contributed by atoms with Crippen molar-refractivity contribution >= 4 is 39.1 Å². The first-order valence-corrected chi connectivity index (χ1v) is 13.7. The van der Waals surface area contributed by atoms with E-state index in [9.17, 15) is 18.0 Å². The molecule has 3 aromatic rings. The molecule has 0 saturated carbocycles. The molecule has 0 aliphatic carbocycles. The predicted molar refractivity (Wildman–Crippen MR) is 143 cm³/mol. The fourth-order valence-corrected chi connectivity index (χ4v) is 5.07. The second-order valence-corrected chi connectivity index (χ2v) is 10.8. The zero-order valence-electron chi connectivity index (χ0n) is 20.5. The third-order valence-corrected chi connectivity index (χ3v) is 7.37. The number of nitrogens with zero attached hydrogens (tertiary/aromatic N) is 2. The number of carbonyl (C=O) groups excluding carboxylic acids is 2. The number of anilines is 1. The van der Waals surface area contributed by atoms with Gasteiger partial charge in [0.25, 0.3) is 0 Å². The molecule has 0 saturated heterocycles. The van der Waals surface area contributed by atoms with E-state index >= 15 is 0 Å². The van der Waals surface area contributed by atoms with Crippen LogP contribution in [0.15, 0.2) is 78.9 Å². The molecule has 0 unspecified atom stereocenters.